The largest absolute Gasteiger partial charge is 0.465 e. The first-order valence-corrected chi connectivity index (χ1v) is 11.1. The zero-order valence-corrected chi connectivity index (χ0v) is 18.5. The normalized spacial score (nSPS) is 17.2. The van der Waals surface area contributed by atoms with Gasteiger partial charge in [-0.25, -0.2) is 14.6 Å². The molecule has 2 aliphatic rings. The first-order chi connectivity index (χ1) is 15.5. The van der Waals surface area contributed by atoms with Gasteiger partial charge in [0.1, 0.15) is 11.5 Å². The molecule has 1 saturated heterocycles. The zero-order chi connectivity index (χ0) is 22.7. The number of ether oxygens (including phenoxy) is 1. The van der Waals surface area contributed by atoms with Crippen LogP contribution in [0.2, 0.25) is 0 Å². The molecule has 2 aromatic rings. The van der Waals surface area contributed by atoms with Gasteiger partial charge in [-0.05, 0) is 49.0 Å². The summed E-state index contributed by atoms with van der Waals surface area (Å²) in [4.78, 5) is 42.6. The van der Waals surface area contributed by atoms with Gasteiger partial charge < -0.3 is 14.6 Å². The molecule has 8 heteroatoms. The quantitative estimate of drug-likeness (QED) is 0.370. The van der Waals surface area contributed by atoms with Crippen molar-refractivity contribution >= 4 is 24.0 Å². The Hall–Kier alpha value is -3.42. The van der Waals surface area contributed by atoms with Crippen LogP contribution in [0.25, 0.3) is 6.08 Å². The topological polar surface area (TPSA) is 93.5 Å². The molecule has 0 atom stereocenters. The van der Waals surface area contributed by atoms with Crippen molar-refractivity contribution in [1.82, 2.24) is 19.8 Å². The van der Waals surface area contributed by atoms with Gasteiger partial charge in [0, 0.05) is 19.5 Å². The van der Waals surface area contributed by atoms with Crippen molar-refractivity contribution in [2.45, 2.75) is 45.6 Å². The maximum Gasteiger partial charge on any atom is 0.337 e. The first-order valence-electron chi connectivity index (χ1n) is 11.1. The molecule has 1 aliphatic carbocycles. The number of urea groups is 1. The molecule has 1 aromatic carbocycles. The Morgan fingerprint density at radius 3 is 2.66 bits per heavy atom. The highest BCUT2D eigenvalue weighted by Crippen LogP contribution is 2.31. The molecular formula is C24H28N4O4. The summed E-state index contributed by atoms with van der Waals surface area (Å²) in [5.41, 5.74) is 2.51. The summed E-state index contributed by atoms with van der Waals surface area (Å²) < 4.78 is 6.82. The molecule has 2 fully saturated rings. The molecule has 4 rings (SSSR count). The van der Waals surface area contributed by atoms with Gasteiger partial charge >= 0.3 is 12.0 Å². The van der Waals surface area contributed by atoms with E-state index in [1.165, 1.54) is 12.0 Å². The van der Waals surface area contributed by atoms with Crippen LogP contribution >= 0.6 is 0 Å². The highest BCUT2D eigenvalue weighted by molar-refractivity contribution is 6.13. The number of aromatic nitrogens is 2. The molecular weight excluding hydrogens is 408 g/mol. The number of amides is 3. The van der Waals surface area contributed by atoms with Gasteiger partial charge in [0.2, 0.25) is 0 Å². The minimum absolute atomic E-state index is 0.278. The van der Waals surface area contributed by atoms with E-state index < -0.39 is 0 Å². The number of imidazole rings is 1. The number of methoxy groups -OCH3 is 1. The highest BCUT2D eigenvalue weighted by Gasteiger charge is 2.37. The summed E-state index contributed by atoms with van der Waals surface area (Å²) in [6.45, 7) is 3.14. The molecule has 2 heterocycles. The SMILES string of the molecule is CCCCc1ncc(C=C2NC(=O)N(CC3CC3)C2=O)n1Cc1ccc(C(=O)OC)cc1. The van der Waals surface area contributed by atoms with E-state index in [1.54, 1.807) is 24.4 Å². The van der Waals surface area contributed by atoms with E-state index in [0.717, 1.165) is 49.2 Å². The number of aryl methyl sites for hydroxylation is 1. The smallest absolute Gasteiger partial charge is 0.337 e. The van der Waals surface area contributed by atoms with Crippen LogP contribution in [0, 0.1) is 5.92 Å². The second-order valence-electron chi connectivity index (χ2n) is 8.32. The molecule has 32 heavy (non-hydrogen) atoms. The minimum Gasteiger partial charge on any atom is -0.465 e. The molecule has 0 bridgehead atoms. The van der Waals surface area contributed by atoms with Gasteiger partial charge in [0.25, 0.3) is 5.91 Å². The lowest BCUT2D eigenvalue weighted by atomic mass is 10.1. The van der Waals surface area contributed by atoms with E-state index in [0.29, 0.717) is 24.6 Å². The Balaban J connectivity index is 1.59. The number of esters is 1. The van der Waals surface area contributed by atoms with Gasteiger partial charge in [-0.2, -0.15) is 0 Å². The highest BCUT2D eigenvalue weighted by atomic mass is 16.5. The molecule has 0 radical (unpaired) electrons. The van der Waals surface area contributed by atoms with E-state index in [-0.39, 0.29) is 23.6 Å². The van der Waals surface area contributed by atoms with Gasteiger partial charge in [-0.3, -0.25) is 9.69 Å². The summed E-state index contributed by atoms with van der Waals surface area (Å²) in [7, 11) is 1.36. The molecule has 0 spiro atoms. The zero-order valence-electron chi connectivity index (χ0n) is 18.5. The van der Waals surface area contributed by atoms with Crippen LogP contribution in [0.3, 0.4) is 0 Å². The lowest BCUT2D eigenvalue weighted by Crippen LogP contribution is -2.32. The molecule has 3 amide bonds. The van der Waals surface area contributed by atoms with Crippen molar-refractivity contribution in [3.05, 3.63) is 58.8 Å². The third-order valence-corrected chi connectivity index (χ3v) is 5.83. The number of hydrogen-bond donors (Lipinski definition) is 1. The molecule has 1 aromatic heterocycles. The lowest BCUT2D eigenvalue weighted by Gasteiger charge is -2.12. The fraction of sp³-hybridized carbons (Fsp3) is 0.417. The number of benzene rings is 1. The summed E-state index contributed by atoms with van der Waals surface area (Å²) >= 11 is 0. The Morgan fingerprint density at radius 2 is 2.00 bits per heavy atom. The van der Waals surface area contributed by atoms with Crippen LogP contribution in [-0.4, -0.2) is 46.0 Å². The van der Waals surface area contributed by atoms with E-state index in [9.17, 15) is 14.4 Å². The number of nitrogens with zero attached hydrogens (tertiary/aromatic N) is 3. The van der Waals surface area contributed by atoms with E-state index in [2.05, 4.69) is 21.8 Å². The van der Waals surface area contributed by atoms with Crippen LogP contribution in [0.4, 0.5) is 4.79 Å². The van der Waals surface area contributed by atoms with Crippen LogP contribution in [0.5, 0.6) is 0 Å². The van der Waals surface area contributed by atoms with E-state index in [1.807, 2.05) is 12.1 Å². The van der Waals surface area contributed by atoms with Crippen molar-refractivity contribution in [2.75, 3.05) is 13.7 Å². The standard InChI is InChI=1S/C24H28N4O4/c1-3-4-5-21-25-13-19(12-20-22(29)28(24(31)26-20)15-16-6-7-16)27(21)14-17-8-10-18(11-9-17)23(30)32-2/h8-13,16H,3-7,14-15H2,1-2H3,(H,26,31). The lowest BCUT2D eigenvalue weighted by molar-refractivity contribution is -0.123. The Kier molecular flexibility index (Phi) is 6.39. The van der Waals surface area contributed by atoms with E-state index >= 15 is 0 Å². The second-order valence-corrected chi connectivity index (χ2v) is 8.32. The molecule has 8 nitrogen and oxygen atoms in total. The summed E-state index contributed by atoms with van der Waals surface area (Å²) in [6.07, 6.45) is 8.44. The van der Waals surface area contributed by atoms with Crippen molar-refractivity contribution < 1.29 is 19.1 Å². The van der Waals surface area contributed by atoms with Crippen LogP contribution in [0.15, 0.2) is 36.2 Å². The monoisotopic (exact) mass is 436 g/mol. The number of nitrogens with one attached hydrogen (secondary N) is 1. The number of carbonyl (C=O) groups is 3. The predicted molar refractivity (Wildman–Crippen MR) is 119 cm³/mol. The van der Waals surface area contributed by atoms with Crippen molar-refractivity contribution in [3.8, 4) is 0 Å². The minimum atomic E-state index is -0.375. The number of unbranched alkanes of at least 4 members (excludes halogenated alkanes) is 1. The molecule has 168 valence electrons. The fourth-order valence-corrected chi connectivity index (χ4v) is 3.75. The van der Waals surface area contributed by atoms with Gasteiger partial charge in [-0.15, -0.1) is 0 Å². The maximum atomic E-state index is 12.8. The van der Waals surface area contributed by atoms with Gasteiger partial charge in [0.05, 0.1) is 24.6 Å². The third-order valence-electron chi connectivity index (χ3n) is 5.83. The average Bonchev–Trinajstić information content (AvgIpc) is 3.50. The Labute approximate surface area is 187 Å². The van der Waals surface area contributed by atoms with Crippen molar-refractivity contribution in [1.29, 1.82) is 0 Å². The van der Waals surface area contributed by atoms with Crippen molar-refractivity contribution in [3.63, 3.8) is 0 Å². The number of imide groups is 1. The first kappa shape index (κ1) is 21.8. The Morgan fingerprint density at radius 1 is 1.25 bits per heavy atom. The van der Waals surface area contributed by atoms with Gasteiger partial charge in [-0.1, -0.05) is 25.5 Å². The van der Waals surface area contributed by atoms with Crippen LogP contribution in [0.1, 0.15) is 60.0 Å². The molecule has 1 aliphatic heterocycles. The summed E-state index contributed by atoms with van der Waals surface area (Å²) in [6, 6.07) is 6.87. The third kappa shape index (κ3) is 4.74. The van der Waals surface area contributed by atoms with Crippen molar-refractivity contribution in [2.24, 2.45) is 5.92 Å². The fourth-order valence-electron chi connectivity index (χ4n) is 3.75. The van der Waals surface area contributed by atoms with Gasteiger partial charge in [0.15, 0.2) is 0 Å². The Bertz CT molecular complexity index is 1050. The van der Waals surface area contributed by atoms with Crippen LogP contribution < -0.4 is 5.32 Å². The summed E-state index contributed by atoms with van der Waals surface area (Å²) in [5.74, 6) is 0.692. The molecule has 1 saturated carbocycles. The number of carbonyl (C=O) groups excluding carboxylic acids is 3. The number of hydrogen-bond acceptors (Lipinski definition) is 5. The van der Waals surface area contributed by atoms with E-state index in [4.69, 9.17) is 4.74 Å². The average molecular weight is 437 g/mol. The summed E-state index contributed by atoms with van der Waals surface area (Å²) in [5, 5.41) is 2.71. The molecule has 1 N–H and O–H groups in total. The molecule has 0 unspecified atom stereocenters. The maximum absolute atomic E-state index is 12.8. The predicted octanol–water partition coefficient (Wildman–Crippen LogP) is 3.36. The second kappa shape index (κ2) is 9.38. The number of rotatable bonds is 9. The van der Waals surface area contributed by atoms with Crippen LogP contribution in [-0.2, 0) is 22.5 Å².